The number of methoxy groups -OCH3 is 1. The first-order chi connectivity index (χ1) is 14.9. The topological polar surface area (TPSA) is 80.3 Å². The van der Waals surface area contributed by atoms with Crippen molar-refractivity contribution >= 4 is 40.0 Å². The Kier molecular flexibility index (Phi) is 7.70. The average molecular weight is 456 g/mol. The number of nitrogens with zero attached hydrogens (tertiary/aromatic N) is 1. The van der Waals surface area contributed by atoms with E-state index in [4.69, 9.17) is 4.74 Å². The number of ether oxygens (including phenoxy) is 1. The van der Waals surface area contributed by atoms with Crippen LogP contribution >= 0.6 is 23.1 Å². The highest BCUT2D eigenvalue weighted by atomic mass is 32.2. The van der Waals surface area contributed by atoms with E-state index in [0.29, 0.717) is 5.13 Å². The van der Waals surface area contributed by atoms with Gasteiger partial charge in [0.05, 0.1) is 24.1 Å². The fourth-order valence-electron chi connectivity index (χ4n) is 2.91. The monoisotopic (exact) mass is 455 g/mol. The Morgan fingerprint density at radius 2 is 1.74 bits per heavy atom. The lowest BCUT2D eigenvalue weighted by atomic mass is 10.1. The minimum atomic E-state index is -0.268. The second-order valence-electron chi connectivity index (χ2n) is 7.01. The van der Waals surface area contributed by atoms with Gasteiger partial charge >= 0.3 is 0 Å². The number of hydrogen-bond acceptors (Lipinski definition) is 6. The number of carbonyl (C=O) groups excluding carboxylic acids is 2. The van der Waals surface area contributed by atoms with Crippen LogP contribution in [0.1, 0.15) is 32.4 Å². The van der Waals surface area contributed by atoms with Gasteiger partial charge in [-0.25, -0.2) is 4.98 Å². The van der Waals surface area contributed by atoms with Crippen molar-refractivity contribution in [2.24, 2.45) is 0 Å². The molecule has 1 aromatic heterocycles. The number of amides is 2. The Hall–Kier alpha value is -2.84. The Bertz CT molecular complexity index is 1030. The van der Waals surface area contributed by atoms with Crippen LogP contribution < -0.4 is 15.4 Å². The molecule has 3 aromatic rings. The van der Waals surface area contributed by atoms with Gasteiger partial charge < -0.3 is 15.4 Å². The zero-order valence-corrected chi connectivity index (χ0v) is 19.5. The van der Waals surface area contributed by atoms with Crippen LogP contribution in [0.2, 0.25) is 0 Å². The molecule has 31 heavy (non-hydrogen) atoms. The molecule has 0 spiro atoms. The van der Waals surface area contributed by atoms with E-state index in [9.17, 15) is 9.59 Å². The summed E-state index contributed by atoms with van der Waals surface area (Å²) < 4.78 is 5.16. The number of hydrogen-bond donors (Lipinski definition) is 2. The molecule has 2 atom stereocenters. The molecule has 1 heterocycles. The number of benzene rings is 2. The first-order valence-corrected chi connectivity index (χ1v) is 11.6. The number of thioether (sulfide) groups is 1. The molecule has 0 saturated carbocycles. The van der Waals surface area contributed by atoms with Crippen molar-refractivity contribution in [2.45, 2.75) is 37.0 Å². The molecule has 0 aliphatic rings. The molecular formula is C23H25N3O3S2. The number of aromatic nitrogens is 1. The molecule has 2 amide bonds. The minimum absolute atomic E-state index is 0.0541. The third-order valence-electron chi connectivity index (χ3n) is 4.60. The molecule has 0 unspecified atom stereocenters. The zero-order valence-electron chi connectivity index (χ0n) is 17.8. The van der Waals surface area contributed by atoms with Crippen LogP contribution in [0.25, 0.3) is 11.3 Å². The number of carbonyl (C=O) groups is 2. The van der Waals surface area contributed by atoms with Crippen LogP contribution in [0, 0.1) is 0 Å². The van der Waals surface area contributed by atoms with Crippen molar-refractivity contribution in [1.29, 1.82) is 0 Å². The summed E-state index contributed by atoms with van der Waals surface area (Å²) in [5.74, 6) is 0.631. The molecule has 0 aliphatic carbocycles. The summed E-state index contributed by atoms with van der Waals surface area (Å²) in [6.07, 6.45) is 0. The van der Waals surface area contributed by atoms with Crippen molar-refractivity contribution in [3.63, 3.8) is 0 Å². The largest absolute Gasteiger partial charge is 0.497 e. The van der Waals surface area contributed by atoms with Gasteiger partial charge in [0.15, 0.2) is 5.13 Å². The molecule has 0 fully saturated rings. The summed E-state index contributed by atoms with van der Waals surface area (Å²) >= 11 is 2.88. The summed E-state index contributed by atoms with van der Waals surface area (Å²) in [5, 5.41) is 7.99. The lowest BCUT2D eigenvalue weighted by molar-refractivity contribution is -0.119. The van der Waals surface area contributed by atoms with Gasteiger partial charge in [0.25, 0.3) is 0 Å². The Morgan fingerprint density at radius 1 is 1.06 bits per heavy atom. The van der Waals surface area contributed by atoms with E-state index in [2.05, 4.69) is 15.6 Å². The molecule has 2 N–H and O–H groups in total. The van der Waals surface area contributed by atoms with E-state index < -0.39 is 0 Å². The SMILES string of the molecule is COc1ccc(S[C@@H](C)C(=O)Nc2nc(-c3ccc([C@@H](C)NC(C)=O)cc3)cs2)cc1. The molecule has 8 heteroatoms. The standard InChI is InChI=1S/C23H25N3O3S2/c1-14(24-16(3)27)17-5-7-18(8-6-17)21-13-30-23(25-21)26-22(28)15(2)31-20-11-9-19(29-4)10-12-20/h5-15H,1-4H3,(H,24,27)(H,25,26,28)/t14-,15+/m1/s1. The summed E-state index contributed by atoms with van der Waals surface area (Å²) in [6.45, 7) is 5.32. The zero-order chi connectivity index (χ0) is 22.4. The van der Waals surface area contributed by atoms with Gasteiger partial charge in [-0.3, -0.25) is 9.59 Å². The van der Waals surface area contributed by atoms with Crippen molar-refractivity contribution in [3.05, 3.63) is 59.5 Å². The Balaban J connectivity index is 1.59. The van der Waals surface area contributed by atoms with E-state index in [1.165, 1.54) is 30.0 Å². The van der Waals surface area contributed by atoms with Gasteiger partial charge in [0, 0.05) is 22.8 Å². The van der Waals surface area contributed by atoms with Crippen LogP contribution in [0.5, 0.6) is 5.75 Å². The third kappa shape index (κ3) is 6.32. The van der Waals surface area contributed by atoms with Crippen LogP contribution in [-0.2, 0) is 9.59 Å². The fraction of sp³-hybridized carbons (Fsp3) is 0.261. The quantitative estimate of drug-likeness (QED) is 0.460. The maximum Gasteiger partial charge on any atom is 0.239 e. The highest BCUT2D eigenvalue weighted by molar-refractivity contribution is 8.00. The first kappa shape index (κ1) is 22.8. The molecule has 162 valence electrons. The highest BCUT2D eigenvalue weighted by Gasteiger charge is 2.17. The minimum Gasteiger partial charge on any atom is -0.497 e. The predicted molar refractivity (Wildman–Crippen MR) is 127 cm³/mol. The van der Waals surface area contributed by atoms with Gasteiger partial charge in [-0.15, -0.1) is 23.1 Å². The number of rotatable bonds is 8. The lowest BCUT2D eigenvalue weighted by Crippen LogP contribution is -2.23. The summed E-state index contributed by atoms with van der Waals surface area (Å²) in [4.78, 5) is 29.3. The normalized spacial score (nSPS) is 12.6. The predicted octanol–water partition coefficient (Wildman–Crippen LogP) is 5.14. The van der Waals surface area contributed by atoms with E-state index >= 15 is 0 Å². The van der Waals surface area contributed by atoms with E-state index in [1.54, 1.807) is 7.11 Å². The van der Waals surface area contributed by atoms with Crippen molar-refractivity contribution < 1.29 is 14.3 Å². The van der Waals surface area contributed by atoms with Gasteiger partial charge in [0.2, 0.25) is 11.8 Å². The van der Waals surface area contributed by atoms with Crippen LogP contribution in [0.15, 0.2) is 58.8 Å². The average Bonchev–Trinajstić information content (AvgIpc) is 3.22. The Morgan fingerprint density at radius 3 is 2.35 bits per heavy atom. The van der Waals surface area contributed by atoms with E-state index in [-0.39, 0.29) is 23.1 Å². The molecule has 0 bridgehead atoms. The molecule has 2 aromatic carbocycles. The van der Waals surface area contributed by atoms with E-state index in [1.807, 2.05) is 67.8 Å². The van der Waals surface area contributed by atoms with Crippen molar-refractivity contribution in [2.75, 3.05) is 12.4 Å². The van der Waals surface area contributed by atoms with Crippen molar-refractivity contribution in [1.82, 2.24) is 10.3 Å². The maximum absolute atomic E-state index is 12.6. The van der Waals surface area contributed by atoms with Crippen LogP contribution in [0.3, 0.4) is 0 Å². The van der Waals surface area contributed by atoms with Gasteiger partial charge in [-0.2, -0.15) is 0 Å². The third-order valence-corrected chi connectivity index (χ3v) is 6.47. The summed E-state index contributed by atoms with van der Waals surface area (Å²) in [6, 6.07) is 15.5. The van der Waals surface area contributed by atoms with Crippen LogP contribution in [0.4, 0.5) is 5.13 Å². The highest BCUT2D eigenvalue weighted by Crippen LogP contribution is 2.29. The van der Waals surface area contributed by atoms with Gasteiger partial charge in [-0.05, 0) is 43.7 Å². The summed E-state index contributed by atoms with van der Waals surface area (Å²) in [7, 11) is 1.63. The molecule has 0 saturated heterocycles. The second-order valence-corrected chi connectivity index (χ2v) is 9.28. The lowest BCUT2D eigenvalue weighted by Gasteiger charge is -2.13. The van der Waals surface area contributed by atoms with E-state index in [0.717, 1.165) is 27.5 Å². The van der Waals surface area contributed by atoms with Gasteiger partial charge in [0.1, 0.15) is 5.75 Å². The number of thiazole rings is 1. The molecule has 0 aliphatic heterocycles. The van der Waals surface area contributed by atoms with Crippen molar-refractivity contribution in [3.8, 4) is 17.0 Å². The second kappa shape index (κ2) is 10.5. The molecule has 0 radical (unpaired) electrons. The maximum atomic E-state index is 12.6. The smallest absolute Gasteiger partial charge is 0.239 e. The molecular weight excluding hydrogens is 430 g/mol. The fourth-order valence-corrected chi connectivity index (χ4v) is 4.50. The van der Waals surface area contributed by atoms with Crippen LogP contribution in [-0.4, -0.2) is 29.2 Å². The molecule has 6 nitrogen and oxygen atoms in total. The Labute approximate surface area is 190 Å². The first-order valence-electron chi connectivity index (χ1n) is 9.80. The number of anilines is 1. The van der Waals surface area contributed by atoms with Gasteiger partial charge in [-0.1, -0.05) is 24.3 Å². The molecule has 3 rings (SSSR count). The summed E-state index contributed by atoms with van der Waals surface area (Å²) in [5.41, 5.74) is 2.78. The number of nitrogens with one attached hydrogen (secondary N) is 2.